The van der Waals surface area contributed by atoms with Crippen LogP contribution in [0.5, 0.6) is 0 Å². The number of aromatic nitrogens is 3. The number of nitrogens with one attached hydrogen (secondary N) is 1. The quantitative estimate of drug-likeness (QED) is 0.833. The molecule has 1 unspecified atom stereocenters. The van der Waals surface area contributed by atoms with Crippen LogP contribution in [0.2, 0.25) is 0 Å². The van der Waals surface area contributed by atoms with E-state index in [-0.39, 0.29) is 0 Å². The molecule has 5 nitrogen and oxygen atoms in total. The van der Waals surface area contributed by atoms with E-state index in [1.54, 1.807) is 0 Å². The minimum Gasteiger partial charge on any atom is -0.379 e. The molecule has 0 amide bonds. The van der Waals surface area contributed by atoms with Crippen molar-refractivity contribution in [2.24, 2.45) is 0 Å². The Bertz CT molecular complexity index is 318. The van der Waals surface area contributed by atoms with Gasteiger partial charge in [0.05, 0.1) is 24.5 Å². The summed E-state index contributed by atoms with van der Waals surface area (Å²) < 4.78 is 7.38. The third kappa shape index (κ3) is 3.02. The molecule has 1 saturated heterocycles. The molecule has 0 radical (unpaired) electrons. The van der Waals surface area contributed by atoms with Crippen LogP contribution in [0.3, 0.4) is 0 Å². The van der Waals surface area contributed by atoms with Crippen LogP contribution in [0.4, 0.5) is 0 Å². The van der Waals surface area contributed by atoms with Gasteiger partial charge in [0.15, 0.2) is 0 Å². The Morgan fingerprint density at radius 3 is 3.19 bits per heavy atom. The van der Waals surface area contributed by atoms with Gasteiger partial charge in [-0.05, 0) is 12.8 Å². The fourth-order valence-electron chi connectivity index (χ4n) is 1.81. The van der Waals surface area contributed by atoms with Gasteiger partial charge >= 0.3 is 0 Å². The lowest BCUT2D eigenvalue weighted by Crippen LogP contribution is -2.22. The second-order valence-electron chi connectivity index (χ2n) is 4.60. The molecule has 1 aromatic rings. The van der Waals surface area contributed by atoms with E-state index in [0.717, 1.165) is 38.3 Å². The number of rotatable bonds is 4. The first-order valence-electron chi connectivity index (χ1n) is 5.97. The van der Waals surface area contributed by atoms with Crippen LogP contribution in [-0.2, 0) is 11.3 Å². The van der Waals surface area contributed by atoms with E-state index in [4.69, 9.17) is 4.74 Å². The van der Waals surface area contributed by atoms with Gasteiger partial charge in [-0.2, -0.15) is 0 Å². The fourth-order valence-corrected chi connectivity index (χ4v) is 1.81. The minimum atomic E-state index is 0.369. The lowest BCUT2D eigenvalue weighted by molar-refractivity contribution is 0.0543. The number of ether oxygens (including phenoxy) is 1. The lowest BCUT2D eigenvalue weighted by atomic mass is 10.1. The summed E-state index contributed by atoms with van der Waals surface area (Å²) in [5.41, 5.74) is 0.999. The molecular formula is C11H20N4O. The molecule has 0 aliphatic carbocycles. The second-order valence-corrected chi connectivity index (χ2v) is 4.60. The topological polar surface area (TPSA) is 52.0 Å². The third-order valence-electron chi connectivity index (χ3n) is 2.76. The highest BCUT2D eigenvalue weighted by Gasteiger charge is 2.17. The second kappa shape index (κ2) is 5.41. The van der Waals surface area contributed by atoms with Gasteiger partial charge in [-0.3, -0.25) is 0 Å². The van der Waals surface area contributed by atoms with Gasteiger partial charge in [0.25, 0.3) is 0 Å². The summed E-state index contributed by atoms with van der Waals surface area (Å²) in [4.78, 5) is 0. The molecule has 1 fully saturated rings. The lowest BCUT2D eigenvalue weighted by Gasteiger charge is -2.21. The van der Waals surface area contributed by atoms with Crippen molar-refractivity contribution >= 4 is 0 Å². The van der Waals surface area contributed by atoms with Crippen LogP contribution in [0, 0.1) is 0 Å². The van der Waals surface area contributed by atoms with Crippen LogP contribution in [0.1, 0.15) is 38.4 Å². The summed E-state index contributed by atoms with van der Waals surface area (Å²) in [5, 5.41) is 11.7. The van der Waals surface area contributed by atoms with Gasteiger partial charge in [-0.1, -0.05) is 19.1 Å². The Labute approximate surface area is 96.2 Å². The highest BCUT2D eigenvalue weighted by atomic mass is 16.5. The summed E-state index contributed by atoms with van der Waals surface area (Å²) in [7, 11) is 0. The van der Waals surface area contributed by atoms with Crippen LogP contribution in [-0.4, -0.2) is 34.2 Å². The molecule has 90 valence electrons. The minimum absolute atomic E-state index is 0.369. The van der Waals surface area contributed by atoms with Crippen LogP contribution in [0.15, 0.2) is 6.20 Å². The number of nitrogens with zero attached hydrogens (tertiary/aromatic N) is 3. The van der Waals surface area contributed by atoms with Crippen molar-refractivity contribution in [1.29, 1.82) is 0 Å². The van der Waals surface area contributed by atoms with Crippen molar-refractivity contribution in [3.8, 4) is 0 Å². The molecule has 16 heavy (non-hydrogen) atoms. The molecule has 1 aromatic heterocycles. The first kappa shape index (κ1) is 11.5. The molecule has 0 saturated carbocycles. The molecule has 0 aromatic carbocycles. The van der Waals surface area contributed by atoms with E-state index in [1.165, 1.54) is 0 Å². The smallest absolute Gasteiger partial charge is 0.0965 e. The zero-order valence-corrected chi connectivity index (χ0v) is 10.0. The van der Waals surface area contributed by atoms with Gasteiger partial charge < -0.3 is 10.1 Å². The van der Waals surface area contributed by atoms with Gasteiger partial charge in [-0.25, -0.2) is 4.68 Å². The van der Waals surface area contributed by atoms with E-state index >= 15 is 0 Å². The highest BCUT2D eigenvalue weighted by Crippen LogP contribution is 2.18. The summed E-state index contributed by atoms with van der Waals surface area (Å²) >= 11 is 0. The number of hydrogen-bond donors (Lipinski definition) is 1. The zero-order valence-electron chi connectivity index (χ0n) is 10.0. The average Bonchev–Trinajstić information content (AvgIpc) is 2.76. The Kier molecular flexibility index (Phi) is 3.90. The third-order valence-corrected chi connectivity index (χ3v) is 2.76. The zero-order chi connectivity index (χ0) is 11.4. The maximum absolute atomic E-state index is 5.44. The van der Waals surface area contributed by atoms with Crippen LogP contribution >= 0.6 is 0 Å². The Hall–Kier alpha value is -0.940. The molecule has 1 aliphatic rings. The molecule has 1 N–H and O–H groups in total. The molecule has 1 atom stereocenters. The standard InChI is InChI=1S/C11H20N4O/c1-9(2)12-6-10-7-15(14-13-10)11-4-3-5-16-8-11/h7,9,11-12H,3-6,8H2,1-2H3. The molecule has 2 rings (SSSR count). The maximum atomic E-state index is 5.44. The van der Waals surface area contributed by atoms with Crippen molar-refractivity contribution in [1.82, 2.24) is 20.3 Å². The number of hydrogen-bond acceptors (Lipinski definition) is 4. The normalized spacial score (nSPS) is 21.6. The molecule has 0 bridgehead atoms. The van der Waals surface area contributed by atoms with Crippen molar-refractivity contribution in [3.05, 3.63) is 11.9 Å². The van der Waals surface area contributed by atoms with Crippen LogP contribution < -0.4 is 5.32 Å². The SMILES string of the molecule is CC(C)NCc1cn(C2CCCOC2)nn1. The monoisotopic (exact) mass is 224 g/mol. The van der Waals surface area contributed by atoms with Gasteiger partial charge in [0.2, 0.25) is 0 Å². The maximum Gasteiger partial charge on any atom is 0.0965 e. The van der Waals surface area contributed by atoms with Crippen molar-refractivity contribution in [2.75, 3.05) is 13.2 Å². The van der Waals surface area contributed by atoms with Crippen molar-refractivity contribution < 1.29 is 4.74 Å². The molecule has 5 heteroatoms. The van der Waals surface area contributed by atoms with E-state index < -0.39 is 0 Å². The summed E-state index contributed by atoms with van der Waals surface area (Å²) in [5.74, 6) is 0. The van der Waals surface area contributed by atoms with Crippen molar-refractivity contribution in [2.45, 2.75) is 45.3 Å². The Morgan fingerprint density at radius 1 is 1.62 bits per heavy atom. The Balaban J connectivity index is 1.90. The van der Waals surface area contributed by atoms with E-state index in [1.807, 2.05) is 10.9 Å². The fraction of sp³-hybridized carbons (Fsp3) is 0.818. The first-order chi connectivity index (χ1) is 7.75. The highest BCUT2D eigenvalue weighted by molar-refractivity contribution is 4.93. The predicted molar refractivity (Wildman–Crippen MR) is 61.1 cm³/mol. The van der Waals surface area contributed by atoms with Gasteiger partial charge in [0.1, 0.15) is 0 Å². The van der Waals surface area contributed by atoms with E-state index in [0.29, 0.717) is 12.1 Å². The average molecular weight is 224 g/mol. The predicted octanol–water partition coefficient (Wildman–Crippen LogP) is 1.13. The van der Waals surface area contributed by atoms with Gasteiger partial charge in [-0.15, -0.1) is 5.10 Å². The summed E-state index contributed by atoms with van der Waals surface area (Å²) in [6, 6.07) is 0.845. The molecule has 2 heterocycles. The molecule has 0 spiro atoms. The van der Waals surface area contributed by atoms with Crippen LogP contribution in [0.25, 0.3) is 0 Å². The molecular weight excluding hydrogens is 204 g/mol. The Morgan fingerprint density at radius 2 is 2.50 bits per heavy atom. The summed E-state index contributed by atoms with van der Waals surface area (Å²) in [6.45, 7) is 6.68. The first-order valence-corrected chi connectivity index (χ1v) is 5.97. The van der Waals surface area contributed by atoms with E-state index in [9.17, 15) is 0 Å². The summed E-state index contributed by atoms with van der Waals surface area (Å²) in [6.07, 6.45) is 4.28. The van der Waals surface area contributed by atoms with E-state index in [2.05, 4.69) is 29.5 Å². The van der Waals surface area contributed by atoms with Gasteiger partial charge in [0, 0.05) is 19.2 Å². The molecule has 1 aliphatic heterocycles. The largest absolute Gasteiger partial charge is 0.379 e. The van der Waals surface area contributed by atoms with Crippen molar-refractivity contribution in [3.63, 3.8) is 0 Å².